The van der Waals surface area contributed by atoms with Crippen LogP contribution in [-0.4, -0.2) is 16.6 Å². The van der Waals surface area contributed by atoms with E-state index in [1.165, 1.54) is 0 Å². The van der Waals surface area contributed by atoms with Crippen LogP contribution in [0, 0.1) is 6.92 Å². The zero-order chi connectivity index (χ0) is 9.84. The highest BCUT2D eigenvalue weighted by Gasteiger charge is 2.06. The molecule has 70 valence electrons. The summed E-state index contributed by atoms with van der Waals surface area (Å²) < 4.78 is 5.37. The second-order valence-electron chi connectivity index (χ2n) is 2.62. The van der Waals surface area contributed by atoms with Crippen LogP contribution < -0.4 is 10.5 Å². The monoisotopic (exact) mass is 196 g/mol. The Kier molecular flexibility index (Phi) is 3.19. The van der Waals surface area contributed by atoms with Gasteiger partial charge in [0, 0.05) is 18.0 Å². The molecule has 1 rings (SSSR count). The van der Waals surface area contributed by atoms with Crippen molar-refractivity contribution in [3.05, 3.63) is 23.5 Å². The number of pyridine rings is 1. The minimum atomic E-state index is 0.316. The summed E-state index contributed by atoms with van der Waals surface area (Å²) in [6, 6.07) is 1.83. The van der Waals surface area contributed by atoms with Gasteiger partial charge in [0.2, 0.25) is 0 Å². The highest BCUT2D eigenvalue weighted by Crippen LogP contribution is 2.18. The molecule has 0 fully saturated rings. The Morgan fingerprint density at radius 3 is 2.92 bits per heavy atom. The van der Waals surface area contributed by atoms with Crippen molar-refractivity contribution in [2.75, 3.05) is 6.61 Å². The highest BCUT2D eigenvalue weighted by atomic mass is 32.1. The average molecular weight is 196 g/mol. The molecule has 2 N–H and O–H groups in total. The van der Waals surface area contributed by atoms with Crippen LogP contribution in [0.1, 0.15) is 18.2 Å². The molecule has 3 nitrogen and oxygen atoms in total. The third-order valence-electron chi connectivity index (χ3n) is 1.57. The van der Waals surface area contributed by atoms with Gasteiger partial charge in [0.05, 0.1) is 12.2 Å². The van der Waals surface area contributed by atoms with Gasteiger partial charge in [-0.25, -0.2) is 0 Å². The van der Waals surface area contributed by atoms with Gasteiger partial charge in [-0.05, 0) is 13.8 Å². The smallest absolute Gasteiger partial charge is 0.132 e. The van der Waals surface area contributed by atoms with Crippen LogP contribution in [0.15, 0.2) is 12.3 Å². The molecule has 13 heavy (non-hydrogen) atoms. The lowest BCUT2D eigenvalue weighted by atomic mass is 10.2. The Balaban J connectivity index is 3.10. The van der Waals surface area contributed by atoms with Gasteiger partial charge in [0.25, 0.3) is 0 Å². The number of aryl methyl sites for hydroxylation is 1. The van der Waals surface area contributed by atoms with E-state index in [-0.39, 0.29) is 0 Å². The molecule has 0 bridgehead atoms. The van der Waals surface area contributed by atoms with Crippen LogP contribution >= 0.6 is 12.2 Å². The van der Waals surface area contributed by atoms with E-state index in [4.69, 9.17) is 22.7 Å². The number of nitrogens with two attached hydrogens (primary N) is 1. The maximum atomic E-state index is 5.51. The predicted octanol–water partition coefficient (Wildman–Crippen LogP) is 1.42. The number of thiocarbonyl (C=S) groups is 1. The lowest BCUT2D eigenvalue weighted by Gasteiger charge is -2.08. The molecule has 0 aliphatic rings. The fraction of sp³-hybridized carbons (Fsp3) is 0.333. The molecule has 0 aliphatic carbocycles. The third-order valence-corrected chi connectivity index (χ3v) is 1.79. The van der Waals surface area contributed by atoms with E-state index in [0.717, 1.165) is 5.69 Å². The Morgan fingerprint density at radius 2 is 2.38 bits per heavy atom. The Hall–Kier alpha value is -1.16. The van der Waals surface area contributed by atoms with Crippen LogP contribution in [-0.2, 0) is 0 Å². The summed E-state index contributed by atoms with van der Waals surface area (Å²) in [4.78, 5) is 4.41. The molecule has 0 radical (unpaired) electrons. The van der Waals surface area contributed by atoms with Gasteiger partial charge in [-0.3, -0.25) is 4.98 Å². The van der Waals surface area contributed by atoms with Crippen molar-refractivity contribution in [3.63, 3.8) is 0 Å². The largest absolute Gasteiger partial charge is 0.493 e. The summed E-state index contributed by atoms with van der Waals surface area (Å²) in [6.45, 7) is 4.41. The van der Waals surface area contributed by atoms with Crippen LogP contribution in [0.3, 0.4) is 0 Å². The van der Waals surface area contributed by atoms with Crippen LogP contribution in [0.25, 0.3) is 0 Å². The SMILES string of the molecule is CCOc1cc(C)ncc1C(N)=S. The molecular weight excluding hydrogens is 184 g/mol. The Bertz CT molecular complexity index is 325. The molecule has 0 spiro atoms. The molecular formula is C9H12N2OS. The van der Waals surface area contributed by atoms with E-state index < -0.39 is 0 Å². The second kappa shape index (κ2) is 4.18. The summed E-state index contributed by atoms with van der Waals surface area (Å²) in [5, 5.41) is 0. The number of aromatic nitrogens is 1. The number of hydrogen-bond donors (Lipinski definition) is 1. The van der Waals surface area contributed by atoms with Gasteiger partial charge in [-0.2, -0.15) is 0 Å². The van der Waals surface area contributed by atoms with E-state index >= 15 is 0 Å². The van der Waals surface area contributed by atoms with Crippen LogP contribution in [0.5, 0.6) is 5.75 Å². The van der Waals surface area contributed by atoms with Gasteiger partial charge in [-0.15, -0.1) is 0 Å². The molecule has 0 aromatic carbocycles. The van der Waals surface area contributed by atoms with Crippen molar-refractivity contribution >= 4 is 17.2 Å². The third kappa shape index (κ3) is 2.39. The molecule has 0 saturated heterocycles. The maximum absolute atomic E-state index is 5.51. The fourth-order valence-electron chi connectivity index (χ4n) is 0.995. The summed E-state index contributed by atoms with van der Waals surface area (Å²) in [5.74, 6) is 0.711. The first-order valence-electron chi connectivity index (χ1n) is 4.04. The Labute approximate surface area is 82.9 Å². The van der Waals surface area contributed by atoms with E-state index in [1.807, 2.05) is 19.9 Å². The van der Waals surface area contributed by atoms with Crippen molar-refractivity contribution in [2.45, 2.75) is 13.8 Å². The molecule has 4 heteroatoms. The predicted molar refractivity (Wildman–Crippen MR) is 56.0 cm³/mol. The van der Waals surface area contributed by atoms with E-state index in [2.05, 4.69) is 4.98 Å². The summed E-state index contributed by atoms with van der Waals surface area (Å²) >= 11 is 4.86. The molecule has 0 amide bonds. The molecule has 0 saturated carbocycles. The minimum Gasteiger partial charge on any atom is -0.493 e. The quantitative estimate of drug-likeness (QED) is 0.743. The highest BCUT2D eigenvalue weighted by molar-refractivity contribution is 7.80. The standard InChI is InChI=1S/C9H12N2OS/c1-3-12-8-4-6(2)11-5-7(8)9(10)13/h4-5H,3H2,1-2H3,(H2,10,13). The van der Waals surface area contributed by atoms with Crippen LogP contribution in [0.2, 0.25) is 0 Å². The normalized spacial score (nSPS) is 9.69. The molecule has 1 aromatic heterocycles. The number of rotatable bonds is 3. The first kappa shape index (κ1) is 9.92. The first-order chi connectivity index (χ1) is 6.15. The number of ether oxygens (including phenoxy) is 1. The molecule has 0 aliphatic heterocycles. The van der Waals surface area contributed by atoms with Gasteiger partial charge in [-0.1, -0.05) is 12.2 Å². The number of nitrogens with zero attached hydrogens (tertiary/aromatic N) is 1. The van der Waals surface area contributed by atoms with Crippen LogP contribution in [0.4, 0.5) is 0 Å². The average Bonchev–Trinajstić information content (AvgIpc) is 2.04. The van der Waals surface area contributed by atoms with E-state index in [9.17, 15) is 0 Å². The van der Waals surface area contributed by atoms with Crippen molar-refractivity contribution < 1.29 is 4.74 Å². The van der Waals surface area contributed by atoms with E-state index in [0.29, 0.717) is 22.9 Å². The van der Waals surface area contributed by atoms with Gasteiger partial charge in [0.1, 0.15) is 10.7 Å². The van der Waals surface area contributed by atoms with Gasteiger partial charge >= 0.3 is 0 Å². The molecule has 0 unspecified atom stereocenters. The van der Waals surface area contributed by atoms with Crippen molar-refractivity contribution in [2.24, 2.45) is 5.73 Å². The zero-order valence-electron chi connectivity index (χ0n) is 7.70. The number of hydrogen-bond acceptors (Lipinski definition) is 3. The maximum Gasteiger partial charge on any atom is 0.132 e. The van der Waals surface area contributed by atoms with Crippen molar-refractivity contribution in [3.8, 4) is 5.75 Å². The first-order valence-corrected chi connectivity index (χ1v) is 4.45. The molecule has 1 aromatic rings. The lowest BCUT2D eigenvalue weighted by molar-refractivity contribution is 0.339. The topological polar surface area (TPSA) is 48.1 Å². The summed E-state index contributed by atoms with van der Waals surface area (Å²) in [5.41, 5.74) is 7.10. The van der Waals surface area contributed by atoms with Crippen molar-refractivity contribution in [1.29, 1.82) is 0 Å². The van der Waals surface area contributed by atoms with Gasteiger partial charge < -0.3 is 10.5 Å². The van der Waals surface area contributed by atoms with Gasteiger partial charge in [0.15, 0.2) is 0 Å². The summed E-state index contributed by atoms with van der Waals surface area (Å²) in [7, 11) is 0. The fourth-order valence-corrected chi connectivity index (χ4v) is 1.15. The van der Waals surface area contributed by atoms with E-state index in [1.54, 1.807) is 6.20 Å². The molecule has 0 atom stereocenters. The minimum absolute atomic E-state index is 0.316. The second-order valence-corrected chi connectivity index (χ2v) is 3.06. The van der Waals surface area contributed by atoms with Crippen molar-refractivity contribution in [1.82, 2.24) is 4.98 Å². The molecule has 1 heterocycles. The summed E-state index contributed by atoms with van der Waals surface area (Å²) in [6.07, 6.45) is 1.64. The Morgan fingerprint density at radius 1 is 1.69 bits per heavy atom. The lowest BCUT2D eigenvalue weighted by Crippen LogP contribution is -2.12. The zero-order valence-corrected chi connectivity index (χ0v) is 8.52.